The van der Waals surface area contributed by atoms with Crippen molar-refractivity contribution in [3.05, 3.63) is 28.2 Å². The summed E-state index contributed by atoms with van der Waals surface area (Å²) < 4.78 is 5.12. The van der Waals surface area contributed by atoms with Crippen molar-refractivity contribution in [1.29, 1.82) is 0 Å². The zero-order valence-electron chi connectivity index (χ0n) is 13.1. The van der Waals surface area contributed by atoms with E-state index in [2.05, 4.69) is 17.5 Å². The number of esters is 1. The molecule has 1 aromatic heterocycles. The summed E-state index contributed by atoms with van der Waals surface area (Å²) in [6, 6.07) is 0. The number of fused-ring (bicyclic) bond motifs is 2. The van der Waals surface area contributed by atoms with Crippen LogP contribution in [0.5, 0.6) is 0 Å². The number of thiophene rings is 1. The molecule has 1 amide bonds. The minimum Gasteiger partial charge on any atom is -0.462 e. The lowest BCUT2D eigenvalue weighted by molar-refractivity contribution is -0.120. The summed E-state index contributed by atoms with van der Waals surface area (Å²) >= 11 is 1.45. The molecule has 0 unspecified atom stereocenters. The molecule has 0 saturated heterocycles. The summed E-state index contributed by atoms with van der Waals surface area (Å²) in [6.45, 7) is 5.97. The van der Waals surface area contributed by atoms with Gasteiger partial charge in [-0.1, -0.05) is 12.2 Å². The van der Waals surface area contributed by atoms with E-state index < -0.39 is 0 Å². The minimum atomic E-state index is -0.354. The molecule has 1 N–H and O–H groups in total. The Labute approximate surface area is 134 Å². The normalized spacial score (nSPS) is 25.5. The molecule has 1 saturated carbocycles. The molecule has 0 spiro atoms. The Bertz CT molecular complexity index is 647. The number of hydrogen-bond donors (Lipinski definition) is 1. The second-order valence-corrected chi connectivity index (χ2v) is 7.31. The second-order valence-electron chi connectivity index (χ2n) is 6.08. The minimum absolute atomic E-state index is 0.0312. The summed E-state index contributed by atoms with van der Waals surface area (Å²) in [4.78, 5) is 25.8. The summed E-state index contributed by atoms with van der Waals surface area (Å²) in [6.07, 6.45) is 6.39. The third-order valence-electron chi connectivity index (χ3n) is 4.72. The predicted octanol–water partition coefficient (Wildman–Crippen LogP) is 3.69. The largest absolute Gasteiger partial charge is 0.462 e. The van der Waals surface area contributed by atoms with Gasteiger partial charge in [0.2, 0.25) is 5.91 Å². The fourth-order valence-electron chi connectivity index (χ4n) is 3.45. The summed E-state index contributed by atoms with van der Waals surface area (Å²) in [5.74, 6) is 0.624. The van der Waals surface area contributed by atoms with E-state index in [1.165, 1.54) is 11.3 Å². The van der Waals surface area contributed by atoms with Gasteiger partial charge >= 0.3 is 5.97 Å². The maximum atomic E-state index is 12.6. The summed E-state index contributed by atoms with van der Waals surface area (Å²) in [7, 11) is 0. The number of carbonyl (C=O) groups is 2. The molecule has 1 fully saturated rings. The number of carbonyl (C=O) groups excluding carboxylic acids is 2. The van der Waals surface area contributed by atoms with E-state index >= 15 is 0 Å². The first kappa shape index (κ1) is 15.3. The predicted molar refractivity (Wildman–Crippen MR) is 87.2 cm³/mol. The van der Waals surface area contributed by atoms with E-state index in [-0.39, 0.29) is 17.8 Å². The fourth-order valence-corrected chi connectivity index (χ4v) is 4.50. The van der Waals surface area contributed by atoms with Gasteiger partial charge < -0.3 is 10.1 Å². The van der Waals surface area contributed by atoms with Gasteiger partial charge in [0.05, 0.1) is 12.2 Å². The third-order valence-corrected chi connectivity index (χ3v) is 5.84. The average molecular weight is 319 g/mol. The van der Waals surface area contributed by atoms with Crippen LogP contribution in [0.2, 0.25) is 0 Å². The molecule has 22 heavy (non-hydrogen) atoms. The lowest BCUT2D eigenvalue weighted by atomic mass is 9.93. The van der Waals surface area contributed by atoms with Crippen LogP contribution in [0.3, 0.4) is 0 Å². The highest BCUT2D eigenvalue weighted by Gasteiger charge is 2.40. The Kier molecular flexibility index (Phi) is 4.08. The number of ether oxygens (including phenoxy) is 1. The van der Waals surface area contributed by atoms with E-state index in [1.54, 1.807) is 6.92 Å². The molecule has 3 rings (SSSR count). The van der Waals surface area contributed by atoms with Gasteiger partial charge in [0, 0.05) is 10.8 Å². The first-order chi connectivity index (χ1) is 10.5. The Balaban J connectivity index is 1.80. The van der Waals surface area contributed by atoms with E-state index in [1.807, 2.05) is 13.8 Å². The molecule has 5 heteroatoms. The molecule has 0 aliphatic heterocycles. The number of aryl methyl sites for hydroxylation is 1. The molecule has 2 aliphatic carbocycles. The maximum absolute atomic E-state index is 12.6. The Hall–Kier alpha value is -1.62. The molecule has 4 nitrogen and oxygen atoms in total. The van der Waals surface area contributed by atoms with E-state index in [4.69, 9.17) is 4.74 Å². The highest BCUT2D eigenvalue weighted by Crippen LogP contribution is 2.44. The topological polar surface area (TPSA) is 55.4 Å². The summed E-state index contributed by atoms with van der Waals surface area (Å²) in [5, 5.41) is 3.61. The molecule has 0 radical (unpaired) electrons. The number of hydrogen-bond acceptors (Lipinski definition) is 4. The zero-order valence-corrected chi connectivity index (χ0v) is 14.0. The van der Waals surface area contributed by atoms with Crippen LogP contribution in [-0.4, -0.2) is 18.5 Å². The van der Waals surface area contributed by atoms with Crippen LogP contribution in [0.25, 0.3) is 0 Å². The SMILES string of the molecule is CCOC(=O)c1c(NC(=O)[C@H]2C[C@H]3C=C[C@H]2C3)sc(C)c1C. The van der Waals surface area contributed by atoms with Crippen molar-refractivity contribution in [2.45, 2.75) is 33.6 Å². The van der Waals surface area contributed by atoms with Crippen LogP contribution < -0.4 is 5.32 Å². The average Bonchev–Trinajstić information content (AvgIpc) is 3.15. The van der Waals surface area contributed by atoms with Crippen molar-refractivity contribution in [3.8, 4) is 0 Å². The molecule has 118 valence electrons. The number of anilines is 1. The van der Waals surface area contributed by atoms with Crippen molar-refractivity contribution in [3.63, 3.8) is 0 Å². The Morgan fingerprint density at radius 3 is 2.68 bits per heavy atom. The third kappa shape index (κ3) is 2.58. The Morgan fingerprint density at radius 1 is 1.32 bits per heavy atom. The van der Waals surface area contributed by atoms with Gasteiger partial charge in [0.1, 0.15) is 5.00 Å². The van der Waals surface area contributed by atoms with Crippen LogP contribution in [-0.2, 0) is 9.53 Å². The van der Waals surface area contributed by atoms with E-state index in [0.29, 0.717) is 29.0 Å². The van der Waals surface area contributed by atoms with Crippen LogP contribution in [0.4, 0.5) is 5.00 Å². The van der Waals surface area contributed by atoms with Crippen molar-refractivity contribution in [2.24, 2.45) is 17.8 Å². The number of amides is 1. The van der Waals surface area contributed by atoms with Crippen molar-refractivity contribution < 1.29 is 14.3 Å². The van der Waals surface area contributed by atoms with E-state index in [9.17, 15) is 9.59 Å². The lowest BCUT2D eigenvalue weighted by Crippen LogP contribution is -2.26. The monoisotopic (exact) mass is 319 g/mol. The van der Waals surface area contributed by atoms with Crippen LogP contribution in [0, 0.1) is 31.6 Å². The molecule has 2 aliphatic rings. The molecule has 3 atom stereocenters. The molecular weight excluding hydrogens is 298 g/mol. The standard InChI is InChI=1S/C17H21NO3S/c1-4-21-17(20)14-9(2)10(3)22-16(14)18-15(19)13-8-11-5-6-12(13)7-11/h5-6,11-13H,4,7-8H2,1-3H3,(H,18,19)/t11-,12-,13-/m0/s1. The first-order valence-electron chi connectivity index (χ1n) is 7.77. The molecule has 1 aromatic rings. The quantitative estimate of drug-likeness (QED) is 0.680. The van der Waals surface area contributed by atoms with Gasteiger partial charge in [-0.2, -0.15) is 0 Å². The highest BCUT2D eigenvalue weighted by atomic mass is 32.1. The number of allylic oxidation sites excluding steroid dienone is 2. The van der Waals surface area contributed by atoms with Crippen LogP contribution in [0.1, 0.15) is 40.6 Å². The van der Waals surface area contributed by atoms with Gasteiger partial charge in [-0.25, -0.2) is 4.79 Å². The lowest BCUT2D eigenvalue weighted by Gasteiger charge is -2.17. The van der Waals surface area contributed by atoms with Crippen molar-refractivity contribution in [1.82, 2.24) is 0 Å². The van der Waals surface area contributed by atoms with Gasteiger partial charge in [0.25, 0.3) is 0 Å². The Morgan fingerprint density at radius 2 is 2.09 bits per heavy atom. The van der Waals surface area contributed by atoms with Crippen LogP contribution >= 0.6 is 11.3 Å². The smallest absolute Gasteiger partial charge is 0.341 e. The van der Waals surface area contributed by atoms with Crippen molar-refractivity contribution >= 4 is 28.2 Å². The molecule has 1 heterocycles. The fraction of sp³-hybridized carbons (Fsp3) is 0.529. The maximum Gasteiger partial charge on any atom is 0.341 e. The van der Waals surface area contributed by atoms with Crippen molar-refractivity contribution in [2.75, 3.05) is 11.9 Å². The molecule has 2 bridgehead atoms. The van der Waals surface area contributed by atoms with Gasteiger partial charge in [-0.3, -0.25) is 4.79 Å². The zero-order chi connectivity index (χ0) is 15.9. The number of nitrogens with one attached hydrogen (secondary N) is 1. The van der Waals surface area contributed by atoms with Crippen LogP contribution in [0.15, 0.2) is 12.2 Å². The van der Waals surface area contributed by atoms with Gasteiger partial charge in [-0.15, -0.1) is 11.3 Å². The van der Waals surface area contributed by atoms with Gasteiger partial charge in [-0.05, 0) is 51.0 Å². The molecular formula is C17H21NO3S. The highest BCUT2D eigenvalue weighted by molar-refractivity contribution is 7.16. The second kappa shape index (κ2) is 5.88. The van der Waals surface area contributed by atoms with Gasteiger partial charge in [0.15, 0.2) is 0 Å². The van der Waals surface area contributed by atoms with E-state index in [0.717, 1.165) is 23.3 Å². The number of rotatable bonds is 4. The molecule has 0 aromatic carbocycles. The summed E-state index contributed by atoms with van der Waals surface area (Å²) in [5.41, 5.74) is 1.41. The first-order valence-corrected chi connectivity index (χ1v) is 8.59.